The summed E-state index contributed by atoms with van der Waals surface area (Å²) in [5, 5.41) is 3.20. The van der Waals surface area contributed by atoms with Crippen molar-refractivity contribution in [1.82, 2.24) is 5.32 Å². The van der Waals surface area contributed by atoms with E-state index < -0.39 is 0 Å². The second kappa shape index (κ2) is 6.25. The van der Waals surface area contributed by atoms with Crippen LogP contribution in [0.15, 0.2) is 0 Å². The van der Waals surface area contributed by atoms with E-state index in [1.54, 1.807) is 0 Å². The highest BCUT2D eigenvalue weighted by Crippen LogP contribution is 2.40. The van der Waals surface area contributed by atoms with Crippen LogP contribution in [0.25, 0.3) is 0 Å². The normalized spacial score (nSPS) is 34.8. The highest BCUT2D eigenvalue weighted by molar-refractivity contribution is 5.79. The maximum atomic E-state index is 12.4. The monoisotopic (exact) mass is 266 g/mol. The molecule has 0 aromatic rings. The van der Waals surface area contributed by atoms with Crippen LogP contribution >= 0.6 is 0 Å². The zero-order valence-corrected chi connectivity index (χ0v) is 12.6. The molecule has 3 unspecified atom stereocenters. The summed E-state index contributed by atoms with van der Waals surface area (Å²) in [6, 6.07) is 0.349. The SMILES string of the molecule is CC1(C)CCCCC1C(=O)NCC1CCCC(N)C1. The Bertz CT molecular complexity index is 314. The Morgan fingerprint density at radius 2 is 2.00 bits per heavy atom. The van der Waals surface area contributed by atoms with Crippen molar-refractivity contribution in [2.24, 2.45) is 23.0 Å². The van der Waals surface area contributed by atoms with Crippen LogP contribution in [-0.4, -0.2) is 18.5 Å². The molecule has 110 valence electrons. The Balaban J connectivity index is 1.80. The molecule has 2 saturated carbocycles. The number of hydrogen-bond acceptors (Lipinski definition) is 2. The largest absolute Gasteiger partial charge is 0.356 e. The van der Waals surface area contributed by atoms with Gasteiger partial charge in [-0.3, -0.25) is 4.79 Å². The van der Waals surface area contributed by atoms with Crippen LogP contribution < -0.4 is 11.1 Å². The summed E-state index contributed by atoms with van der Waals surface area (Å²) < 4.78 is 0. The van der Waals surface area contributed by atoms with Gasteiger partial charge in [0, 0.05) is 18.5 Å². The molecular formula is C16H30N2O. The van der Waals surface area contributed by atoms with Crippen LogP contribution in [0.2, 0.25) is 0 Å². The van der Waals surface area contributed by atoms with E-state index in [0.717, 1.165) is 25.8 Å². The molecule has 2 fully saturated rings. The summed E-state index contributed by atoms with van der Waals surface area (Å²) in [6.45, 7) is 5.32. The van der Waals surface area contributed by atoms with Crippen LogP contribution in [0.5, 0.6) is 0 Å². The van der Waals surface area contributed by atoms with Crippen LogP contribution in [0.3, 0.4) is 0 Å². The van der Waals surface area contributed by atoms with E-state index in [0.29, 0.717) is 12.0 Å². The predicted molar refractivity (Wildman–Crippen MR) is 78.7 cm³/mol. The third kappa shape index (κ3) is 3.95. The molecule has 2 aliphatic carbocycles. The summed E-state index contributed by atoms with van der Waals surface area (Å²) >= 11 is 0. The molecule has 0 radical (unpaired) electrons. The molecule has 3 nitrogen and oxygen atoms in total. The molecule has 19 heavy (non-hydrogen) atoms. The van der Waals surface area contributed by atoms with Gasteiger partial charge in [0.2, 0.25) is 5.91 Å². The van der Waals surface area contributed by atoms with Gasteiger partial charge in [0.15, 0.2) is 0 Å². The number of nitrogens with one attached hydrogen (secondary N) is 1. The number of amides is 1. The van der Waals surface area contributed by atoms with Crippen LogP contribution in [-0.2, 0) is 4.79 Å². The highest BCUT2D eigenvalue weighted by atomic mass is 16.1. The van der Waals surface area contributed by atoms with Crippen molar-refractivity contribution in [3.63, 3.8) is 0 Å². The van der Waals surface area contributed by atoms with Gasteiger partial charge < -0.3 is 11.1 Å². The lowest BCUT2D eigenvalue weighted by atomic mass is 9.68. The molecule has 0 aliphatic heterocycles. The second-order valence-electron chi connectivity index (χ2n) is 7.32. The molecule has 2 aliphatic rings. The Morgan fingerprint density at radius 1 is 1.21 bits per heavy atom. The third-order valence-electron chi connectivity index (χ3n) is 5.21. The van der Waals surface area contributed by atoms with E-state index in [2.05, 4.69) is 19.2 Å². The summed E-state index contributed by atoms with van der Waals surface area (Å²) in [5.41, 5.74) is 6.18. The average molecular weight is 266 g/mol. The zero-order chi connectivity index (χ0) is 13.9. The molecule has 3 atom stereocenters. The second-order valence-corrected chi connectivity index (χ2v) is 7.32. The van der Waals surface area contributed by atoms with Gasteiger partial charge in [-0.1, -0.05) is 33.1 Å². The summed E-state index contributed by atoms with van der Waals surface area (Å²) in [7, 11) is 0. The molecule has 0 aromatic heterocycles. The molecule has 1 amide bonds. The third-order valence-corrected chi connectivity index (χ3v) is 5.21. The maximum absolute atomic E-state index is 12.4. The summed E-state index contributed by atoms with van der Waals surface area (Å²) in [4.78, 5) is 12.4. The molecule has 3 heteroatoms. The first-order chi connectivity index (χ1) is 8.99. The fourth-order valence-electron chi connectivity index (χ4n) is 3.87. The van der Waals surface area contributed by atoms with E-state index >= 15 is 0 Å². The predicted octanol–water partition coefficient (Wildman–Crippen LogP) is 2.84. The first kappa shape index (κ1) is 14.8. The Morgan fingerprint density at radius 3 is 2.68 bits per heavy atom. The Hall–Kier alpha value is -0.570. The summed E-state index contributed by atoms with van der Waals surface area (Å²) in [5.74, 6) is 1.08. The summed E-state index contributed by atoms with van der Waals surface area (Å²) in [6.07, 6.45) is 9.39. The Labute approximate surface area is 117 Å². The van der Waals surface area contributed by atoms with Crippen LogP contribution in [0.1, 0.15) is 65.2 Å². The quantitative estimate of drug-likeness (QED) is 0.825. The van der Waals surface area contributed by atoms with Crippen molar-refractivity contribution in [2.75, 3.05) is 6.54 Å². The van der Waals surface area contributed by atoms with Crippen molar-refractivity contribution >= 4 is 5.91 Å². The van der Waals surface area contributed by atoms with Gasteiger partial charge in [0.05, 0.1) is 0 Å². The van der Waals surface area contributed by atoms with Gasteiger partial charge in [-0.2, -0.15) is 0 Å². The number of nitrogens with two attached hydrogens (primary N) is 1. The molecule has 0 aromatic carbocycles. The van der Waals surface area contributed by atoms with E-state index in [9.17, 15) is 4.79 Å². The number of carbonyl (C=O) groups is 1. The van der Waals surface area contributed by atoms with Crippen LogP contribution in [0.4, 0.5) is 0 Å². The van der Waals surface area contributed by atoms with E-state index in [1.807, 2.05) is 0 Å². The molecule has 3 N–H and O–H groups in total. The van der Waals surface area contributed by atoms with Gasteiger partial charge in [0.25, 0.3) is 0 Å². The molecule has 0 saturated heterocycles. The van der Waals surface area contributed by atoms with Crippen molar-refractivity contribution in [3.8, 4) is 0 Å². The maximum Gasteiger partial charge on any atom is 0.223 e. The van der Waals surface area contributed by atoms with Crippen molar-refractivity contribution < 1.29 is 4.79 Å². The first-order valence-corrected chi connectivity index (χ1v) is 8.02. The number of hydrogen-bond donors (Lipinski definition) is 2. The number of rotatable bonds is 3. The topological polar surface area (TPSA) is 55.1 Å². The first-order valence-electron chi connectivity index (χ1n) is 8.02. The smallest absolute Gasteiger partial charge is 0.223 e. The molecule has 0 bridgehead atoms. The minimum Gasteiger partial charge on any atom is -0.356 e. The Kier molecular flexibility index (Phi) is 4.88. The van der Waals surface area contributed by atoms with Crippen LogP contribution in [0, 0.1) is 17.3 Å². The fraction of sp³-hybridized carbons (Fsp3) is 0.938. The van der Waals surface area contributed by atoms with E-state index in [4.69, 9.17) is 5.73 Å². The molecule has 2 rings (SSSR count). The molecule has 0 spiro atoms. The highest BCUT2D eigenvalue weighted by Gasteiger charge is 2.37. The lowest BCUT2D eigenvalue weighted by molar-refractivity contribution is -0.130. The van der Waals surface area contributed by atoms with E-state index in [-0.39, 0.29) is 17.2 Å². The molecular weight excluding hydrogens is 236 g/mol. The van der Waals surface area contributed by atoms with Gasteiger partial charge in [0.1, 0.15) is 0 Å². The standard InChI is InChI=1S/C16H30N2O/c1-16(2)9-4-3-8-14(16)15(19)18-11-12-6-5-7-13(17)10-12/h12-14H,3-11,17H2,1-2H3,(H,18,19). The fourth-order valence-corrected chi connectivity index (χ4v) is 3.87. The lowest BCUT2D eigenvalue weighted by Crippen LogP contribution is -2.43. The van der Waals surface area contributed by atoms with Gasteiger partial charge in [-0.05, 0) is 43.4 Å². The van der Waals surface area contributed by atoms with Crippen molar-refractivity contribution in [1.29, 1.82) is 0 Å². The van der Waals surface area contributed by atoms with Gasteiger partial charge in [-0.25, -0.2) is 0 Å². The molecule has 0 heterocycles. The van der Waals surface area contributed by atoms with Crippen molar-refractivity contribution in [3.05, 3.63) is 0 Å². The van der Waals surface area contributed by atoms with Gasteiger partial charge in [-0.15, -0.1) is 0 Å². The minimum atomic E-state index is 0.172. The average Bonchev–Trinajstić information content (AvgIpc) is 2.35. The minimum absolute atomic E-state index is 0.172. The van der Waals surface area contributed by atoms with E-state index in [1.165, 1.54) is 32.1 Å². The lowest BCUT2D eigenvalue weighted by Gasteiger charge is -2.38. The van der Waals surface area contributed by atoms with Crippen molar-refractivity contribution in [2.45, 2.75) is 71.3 Å². The van der Waals surface area contributed by atoms with Gasteiger partial charge >= 0.3 is 0 Å². The zero-order valence-electron chi connectivity index (χ0n) is 12.6. The number of carbonyl (C=O) groups excluding carboxylic acids is 1.